The monoisotopic (exact) mass is 461 g/mol. The number of nitrogens with one attached hydrogen (secondary N) is 2. The quantitative estimate of drug-likeness (QED) is 0.516. The summed E-state index contributed by atoms with van der Waals surface area (Å²) < 4.78 is 36.8. The minimum absolute atomic E-state index is 0.106. The highest BCUT2D eigenvalue weighted by Gasteiger charge is 2.35. The average molecular weight is 462 g/mol. The SMILES string of the molecule is COCCNS(=O)(=O)c1ccc(CNC(=O)C2CC(=O)N(c3ccc(OC)cc3)C2)cc1. The second-order valence-electron chi connectivity index (χ2n) is 7.36. The number of hydrogen-bond acceptors (Lipinski definition) is 6. The third kappa shape index (κ3) is 5.84. The number of nitrogens with zero attached hydrogens (tertiary/aromatic N) is 1. The number of benzene rings is 2. The molecule has 0 aliphatic carbocycles. The van der Waals surface area contributed by atoms with Gasteiger partial charge >= 0.3 is 0 Å². The molecule has 1 atom stereocenters. The van der Waals surface area contributed by atoms with E-state index < -0.39 is 15.9 Å². The van der Waals surface area contributed by atoms with Crippen LogP contribution in [0, 0.1) is 5.92 Å². The van der Waals surface area contributed by atoms with Gasteiger partial charge in [0.15, 0.2) is 0 Å². The van der Waals surface area contributed by atoms with Crippen LogP contribution in [0.1, 0.15) is 12.0 Å². The summed E-state index contributed by atoms with van der Waals surface area (Å²) in [6.07, 6.45) is 0.141. The van der Waals surface area contributed by atoms with Crippen molar-refractivity contribution in [1.82, 2.24) is 10.0 Å². The molecule has 0 bridgehead atoms. The van der Waals surface area contributed by atoms with Crippen molar-refractivity contribution < 1.29 is 27.5 Å². The Bertz CT molecular complexity index is 1040. The highest BCUT2D eigenvalue weighted by molar-refractivity contribution is 7.89. The number of methoxy groups -OCH3 is 2. The number of ether oxygens (including phenoxy) is 2. The van der Waals surface area contributed by atoms with Crippen molar-refractivity contribution >= 4 is 27.5 Å². The molecule has 0 saturated carbocycles. The van der Waals surface area contributed by atoms with Crippen LogP contribution in [0.25, 0.3) is 0 Å². The molecule has 2 aromatic carbocycles. The number of hydrogen-bond donors (Lipinski definition) is 2. The molecule has 10 heteroatoms. The van der Waals surface area contributed by atoms with E-state index >= 15 is 0 Å². The van der Waals surface area contributed by atoms with Gasteiger partial charge in [-0.2, -0.15) is 0 Å². The predicted octanol–water partition coefficient (Wildman–Crippen LogP) is 1.29. The van der Waals surface area contributed by atoms with Gasteiger partial charge in [-0.15, -0.1) is 0 Å². The number of amides is 2. The second-order valence-corrected chi connectivity index (χ2v) is 9.12. The first-order valence-corrected chi connectivity index (χ1v) is 11.6. The lowest BCUT2D eigenvalue weighted by Gasteiger charge is -2.17. The molecule has 1 fully saturated rings. The molecule has 32 heavy (non-hydrogen) atoms. The van der Waals surface area contributed by atoms with Crippen LogP contribution in [0.5, 0.6) is 5.75 Å². The molecule has 3 rings (SSSR count). The zero-order valence-corrected chi connectivity index (χ0v) is 18.9. The molecule has 0 spiro atoms. The fourth-order valence-corrected chi connectivity index (χ4v) is 4.39. The summed E-state index contributed by atoms with van der Waals surface area (Å²) in [7, 11) is -0.537. The van der Waals surface area contributed by atoms with E-state index in [0.717, 1.165) is 11.3 Å². The van der Waals surface area contributed by atoms with E-state index in [2.05, 4.69) is 10.0 Å². The molecule has 2 aromatic rings. The maximum atomic E-state index is 12.6. The molecule has 0 aromatic heterocycles. The highest BCUT2D eigenvalue weighted by atomic mass is 32.2. The van der Waals surface area contributed by atoms with Gasteiger partial charge in [0, 0.05) is 38.9 Å². The summed E-state index contributed by atoms with van der Waals surface area (Å²) >= 11 is 0. The van der Waals surface area contributed by atoms with Gasteiger partial charge in [-0.1, -0.05) is 12.1 Å². The largest absolute Gasteiger partial charge is 0.497 e. The first-order valence-electron chi connectivity index (χ1n) is 10.1. The van der Waals surface area contributed by atoms with Crippen molar-refractivity contribution in [1.29, 1.82) is 0 Å². The zero-order chi connectivity index (χ0) is 23.1. The van der Waals surface area contributed by atoms with Crippen molar-refractivity contribution in [3.63, 3.8) is 0 Å². The van der Waals surface area contributed by atoms with Gasteiger partial charge in [0.05, 0.1) is 24.5 Å². The van der Waals surface area contributed by atoms with Gasteiger partial charge in [-0.25, -0.2) is 13.1 Å². The van der Waals surface area contributed by atoms with Crippen molar-refractivity contribution in [2.24, 2.45) is 5.92 Å². The molecule has 1 heterocycles. The van der Waals surface area contributed by atoms with E-state index in [9.17, 15) is 18.0 Å². The first kappa shape index (κ1) is 23.7. The Morgan fingerprint density at radius 2 is 1.78 bits per heavy atom. The molecule has 172 valence electrons. The molecule has 2 N–H and O–H groups in total. The molecule has 1 unspecified atom stereocenters. The molecule has 0 radical (unpaired) electrons. The molecular weight excluding hydrogens is 434 g/mol. The summed E-state index contributed by atoms with van der Waals surface area (Å²) in [5.74, 6) is -0.0772. The Morgan fingerprint density at radius 3 is 2.41 bits per heavy atom. The van der Waals surface area contributed by atoms with Gasteiger partial charge in [-0.05, 0) is 42.0 Å². The minimum atomic E-state index is -3.60. The number of anilines is 1. The van der Waals surface area contributed by atoms with Crippen LogP contribution in [-0.4, -0.2) is 54.1 Å². The highest BCUT2D eigenvalue weighted by Crippen LogP contribution is 2.27. The Hall–Kier alpha value is -2.95. The summed E-state index contributed by atoms with van der Waals surface area (Å²) in [6.45, 7) is 1.01. The lowest BCUT2D eigenvalue weighted by atomic mass is 10.1. The molecule has 1 aliphatic rings. The van der Waals surface area contributed by atoms with Gasteiger partial charge in [0.1, 0.15) is 5.75 Å². The van der Waals surface area contributed by atoms with E-state index in [4.69, 9.17) is 9.47 Å². The van der Waals surface area contributed by atoms with Crippen LogP contribution >= 0.6 is 0 Å². The third-order valence-electron chi connectivity index (χ3n) is 5.18. The molecule has 2 amide bonds. The summed E-state index contributed by atoms with van der Waals surface area (Å²) in [5.41, 5.74) is 1.48. The van der Waals surface area contributed by atoms with Crippen LogP contribution < -0.4 is 19.7 Å². The minimum Gasteiger partial charge on any atom is -0.497 e. The van der Waals surface area contributed by atoms with Crippen LogP contribution in [0.15, 0.2) is 53.4 Å². The number of rotatable bonds is 10. The fourth-order valence-electron chi connectivity index (χ4n) is 3.38. The Labute approximate surface area is 187 Å². The van der Waals surface area contributed by atoms with Crippen LogP contribution in [0.3, 0.4) is 0 Å². The van der Waals surface area contributed by atoms with Crippen LogP contribution in [0.2, 0.25) is 0 Å². The molecule has 1 aliphatic heterocycles. The number of carbonyl (C=O) groups excluding carboxylic acids is 2. The first-order chi connectivity index (χ1) is 15.3. The lowest BCUT2D eigenvalue weighted by Crippen LogP contribution is -2.32. The average Bonchev–Trinajstić information content (AvgIpc) is 3.19. The number of carbonyl (C=O) groups is 2. The molecule has 1 saturated heterocycles. The van der Waals surface area contributed by atoms with Gasteiger partial charge in [0.25, 0.3) is 0 Å². The zero-order valence-electron chi connectivity index (χ0n) is 18.0. The maximum Gasteiger partial charge on any atom is 0.240 e. The predicted molar refractivity (Wildman–Crippen MR) is 119 cm³/mol. The Morgan fingerprint density at radius 1 is 1.09 bits per heavy atom. The van der Waals surface area contributed by atoms with E-state index in [0.29, 0.717) is 12.3 Å². The van der Waals surface area contributed by atoms with Gasteiger partial charge < -0.3 is 19.7 Å². The Balaban J connectivity index is 1.53. The van der Waals surface area contributed by atoms with E-state index in [-0.39, 0.29) is 42.8 Å². The summed E-state index contributed by atoms with van der Waals surface area (Å²) in [5, 5.41) is 2.83. The maximum absolute atomic E-state index is 12.6. The van der Waals surface area contributed by atoms with Gasteiger partial charge in [-0.3, -0.25) is 9.59 Å². The fraction of sp³-hybridized carbons (Fsp3) is 0.364. The van der Waals surface area contributed by atoms with Crippen LogP contribution in [0.4, 0.5) is 5.69 Å². The molecular formula is C22H27N3O6S. The van der Waals surface area contributed by atoms with Crippen molar-refractivity contribution in [2.75, 3.05) is 38.8 Å². The van der Waals surface area contributed by atoms with E-state index in [1.807, 2.05) is 0 Å². The van der Waals surface area contributed by atoms with Gasteiger partial charge in [0.2, 0.25) is 21.8 Å². The van der Waals surface area contributed by atoms with Crippen molar-refractivity contribution in [3.05, 3.63) is 54.1 Å². The normalized spacial score (nSPS) is 16.2. The van der Waals surface area contributed by atoms with Crippen molar-refractivity contribution in [2.45, 2.75) is 17.9 Å². The lowest BCUT2D eigenvalue weighted by molar-refractivity contribution is -0.126. The topological polar surface area (TPSA) is 114 Å². The third-order valence-corrected chi connectivity index (χ3v) is 6.66. The Kier molecular flexibility index (Phi) is 7.84. The standard InChI is InChI=1S/C22H27N3O6S/c1-30-12-11-24-32(28,29)20-9-3-16(4-10-20)14-23-22(27)17-13-21(26)25(15-17)18-5-7-19(31-2)8-6-18/h3-10,17,24H,11-15H2,1-2H3,(H,23,27). The van der Waals surface area contributed by atoms with E-state index in [1.165, 1.54) is 19.2 Å². The number of sulfonamides is 1. The smallest absolute Gasteiger partial charge is 0.240 e. The van der Waals surface area contributed by atoms with Crippen LogP contribution in [-0.2, 0) is 30.9 Å². The molecule has 9 nitrogen and oxygen atoms in total. The second kappa shape index (κ2) is 10.6. The van der Waals surface area contributed by atoms with Crippen molar-refractivity contribution in [3.8, 4) is 5.75 Å². The van der Waals surface area contributed by atoms with E-state index in [1.54, 1.807) is 48.4 Å². The summed E-state index contributed by atoms with van der Waals surface area (Å²) in [6, 6.07) is 13.4. The summed E-state index contributed by atoms with van der Waals surface area (Å²) in [4.78, 5) is 26.7.